The van der Waals surface area contributed by atoms with E-state index in [2.05, 4.69) is 62.1 Å². The summed E-state index contributed by atoms with van der Waals surface area (Å²) in [6, 6.07) is 31.6. The van der Waals surface area contributed by atoms with E-state index >= 15 is 0 Å². The molecular weight excluding hydrogens is 940 g/mol. The van der Waals surface area contributed by atoms with E-state index < -0.39 is 60.4 Å². The Morgan fingerprint density at radius 1 is 0.742 bits per heavy atom. The number of fused-ring (bicyclic) bond motifs is 4. The van der Waals surface area contributed by atoms with Crippen LogP contribution < -0.4 is 9.30 Å². The summed E-state index contributed by atoms with van der Waals surface area (Å²) in [6.45, 7) is 6.95. The van der Waals surface area contributed by atoms with Crippen LogP contribution in [-0.4, -0.2) is 14.1 Å². The number of ether oxygens (including phenoxy) is 1. The predicted octanol–water partition coefficient (Wildman–Crippen LogP) is 12.9. The first-order valence-electron chi connectivity index (χ1n) is 25.4. The molecule has 1 saturated carbocycles. The average Bonchev–Trinajstić information content (AvgIpc) is 3.92. The molecule has 5 nitrogen and oxygen atoms in total. The van der Waals surface area contributed by atoms with Crippen molar-refractivity contribution in [1.29, 1.82) is 0 Å². The first-order valence-corrected chi connectivity index (χ1v) is 20.4. The van der Waals surface area contributed by atoms with Gasteiger partial charge in [-0.05, 0) is 93.1 Å². The van der Waals surface area contributed by atoms with Crippen LogP contribution in [0.15, 0.2) is 164 Å². The normalized spacial score (nSPS) is 18.4. The SMILES string of the molecule is [2H]c1c([2H])c([2H])c(-c2cccc(-c3c([2H])c([2H])c([2H])c([2H])c3[2H])c2-[n+]2[c-]n(-c3[c-]c(Oc4[c-]c5c(cc4)c4ccccc4n5-c4ncc5c(c4C)C[C@H]4C[C@@H]5C4(C)C)ccc3)c3ccccc32)c([2H])c1[2H].[Pt]. The molecular formula is C56H42N4OPt-2. The topological polar surface area (TPSA) is 35.9 Å². The van der Waals surface area contributed by atoms with Crippen molar-refractivity contribution in [1.82, 2.24) is 14.1 Å². The van der Waals surface area contributed by atoms with Gasteiger partial charge in [0.25, 0.3) is 6.33 Å². The molecule has 0 radical (unpaired) electrons. The molecule has 13 rings (SSSR count). The van der Waals surface area contributed by atoms with E-state index in [1.165, 1.54) is 23.1 Å². The van der Waals surface area contributed by atoms with Crippen molar-refractivity contribution in [2.45, 2.75) is 39.5 Å². The molecule has 7 aromatic carbocycles. The Bertz CT molecular complexity index is 3810. The number of rotatable bonds is 7. The summed E-state index contributed by atoms with van der Waals surface area (Å²) in [5.74, 6) is 2.88. The largest absolute Gasteiger partial charge is 0.510 e. The standard InChI is InChI=1S/C56H42N4O.Pt/c1-36-47-30-39-31-49(56(39,2)3)48(47)34-57-55(36)60-50-25-11-10-22-45(50)46-29-28-42(33-53(46)60)61-41-21-14-20-40(32-41)58-35-59(52-27-13-12-26-51(52)58)54-43(37-16-6-4-7-17-37)23-15-24-44(54)38-18-8-5-9-19-38;/h4-29,34,39,49H,30-31H2,1-3H3;/q-2;/t39-,49-;/m0./s1/i4D,5D,6D,7D,8D,9D,16D,17D,18D,19D;. The van der Waals surface area contributed by atoms with Crippen molar-refractivity contribution in [2.75, 3.05) is 0 Å². The Kier molecular flexibility index (Phi) is 6.90. The second kappa shape index (κ2) is 14.8. The summed E-state index contributed by atoms with van der Waals surface area (Å²) in [6.07, 6.45) is 7.77. The van der Waals surface area contributed by atoms with Gasteiger partial charge in [-0.1, -0.05) is 140 Å². The van der Waals surface area contributed by atoms with Gasteiger partial charge in [-0.2, -0.15) is 18.2 Å². The molecule has 2 atom stereocenters. The van der Waals surface area contributed by atoms with Crippen LogP contribution in [0.5, 0.6) is 11.5 Å². The van der Waals surface area contributed by atoms with Gasteiger partial charge in [0.2, 0.25) is 0 Å². The molecule has 0 spiro atoms. The smallest absolute Gasteiger partial charge is 0.268 e. The molecule has 10 aromatic rings. The minimum absolute atomic E-state index is 0. The Labute approximate surface area is 390 Å². The summed E-state index contributed by atoms with van der Waals surface area (Å²) < 4.78 is 99.2. The molecule has 304 valence electrons. The second-order valence-corrected chi connectivity index (χ2v) is 16.6. The zero-order chi connectivity index (χ0) is 49.5. The summed E-state index contributed by atoms with van der Waals surface area (Å²) in [5.41, 5.74) is 7.96. The Hall–Kier alpha value is -6.55. The Morgan fingerprint density at radius 3 is 2.16 bits per heavy atom. The quantitative estimate of drug-likeness (QED) is 0.118. The van der Waals surface area contributed by atoms with Gasteiger partial charge in [0.15, 0.2) is 0 Å². The van der Waals surface area contributed by atoms with Crippen LogP contribution in [0, 0.1) is 36.7 Å². The van der Waals surface area contributed by atoms with Crippen molar-refractivity contribution < 1.29 is 44.1 Å². The third-order valence-electron chi connectivity index (χ3n) is 13.1. The number of hydrogen-bond acceptors (Lipinski definition) is 2. The van der Waals surface area contributed by atoms with Gasteiger partial charge in [-0.25, -0.2) is 4.98 Å². The monoisotopic (exact) mass is 991 g/mol. The molecule has 3 heterocycles. The molecule has 2 bridgehead atoms. The number of nitrogens with zero attached hydrogens (tertiary/aromatic N) is 4. The molecule has 0 N–H and O–H groups in total. The van der Waals surface area contributed by atoms with Crippen LogP contribution in [0.1, 0.15) is 56.6 Å². The fourth-order valence-corrected chi connectivity index (χ4v) is 9.85. The Morgan fingerprint density at radius 2 is 1.42 bits per heavy atom. The summed E-state index contributed by atoms with van der Waals surface area (Å²) >= 11 is 0. The third-order valence-corrected chi connectivity index (χ3v) is 13.1. The van der Waals surface area contributed by atoms with Crippen LogP contribution in [0.3, 0.4) is 0 Å². The van der Waals surface area contributed by atoms with Crippen LogP contribution in [0.4, 0.5) is 0 Å². The molecule has 1 fully saturated rings. The van der Waals surface area contributed by atoms with E-state index in [9.17, 15) is 0 Å². The molecule has 6 heteroatoms. The molecule has 3 aliphatic carbocycles. The number of pyridine rings is 1. The zero-order valence-corrected chi connectivity index (χ0v) is 36.2. The summed E-state index contributed by atoms with van der Waals surface area (Å²) in [7, 11) is 0. The van der Waals surface area contributed by atoms with Crippen LogP contribution in [0.2, 0.25) is 0 Å². The van der Waals surface area contributed by atoms with Crippen LogP contribution >= 0.6 is 0 Å². The van der Waals surface area contributed by atoms with Gasteiger partial charge in [0.05, 0.1) is 30.4 Å². The number of para-hydroxylation sites is 4. The van der Waals surface area contributed by atoms with Gasteiger partial charge in [0.1, 0.15) is 5.82 Å². The van der Waals surface area contributed by atoms with Crippen LogP contribution in [-0.2, 0) is 27.5 Å². The fourth-order valence-electron chi connectivity index (χ4n) is 9.85. The Balaban J connectivity index is 0.00000560. The molecule has 0 unspecified atom stereocenters. The second-order valence-electron chi connectivity index (χ2n) is 16.6. The van der Waals surface area contributed by atoms with Gasteiger partial charge in [-0.15, -0.1) is 29.7 Å². The van der Waals surface area contributed by atoms with Gasteiger partial charge < -0.3 is 13.9 Å². The molecule has 0 aliphatic heterocycles. The number of hydrogen-bond donors (Lipinski definition) is 0. The molecule has 0 saturated heterocycles. The van der Waals surface area contributed by atoms with Gasteiger partial charge >= 0.3 is 0 Å². The fraction of sp³-hybridized carbons (Fsp3) is 0.143. The maximum atomic E-state index is 9.02. The van der Waals surface area contributed by atoms with Crippen molar-refractivity contribution in [3.63, 3.8) is 0 Å². The summed E-state index contributed by atoms with van der Waals surface area (Å²) in [5, 5.41) is 2.09. The molecule has 3 aromatic heterocycles. The van der Waals surface area contributed by atoms with E-state index in [1.807, 2.05) is 60.7 Å². The number of aromatic nitrogens is 4. The van der Waals surface area contributed by atoms with E-state index in [-0.39, 0.29) is 54.4 Å². The maximum Gasteiger partial charge on any atom is 0.268 e. The first kappa shape index (κ1) is 28.9. The summed E-state index contributed by atoms with van der Waals surface area (Å²) in [4.78, 5) is 5.17. The van der Waals surface area contributed by atoms with E-state index in [4.69, 9.17) is 23.4 Å². The minimum Gasteiger partial charge on any atom is -0.510 e. The van der Waals surface area contributed by atoms with Crippen molar-refractivity contribution in [3.8, 4) is 50.9 Å². The maximum absolute atomic E-state index is 9.02. The molecule has 0 amide bonds. The average molecular weight is 992 g/mol. The van der Waals surface area contributed by atoms with Crippen molar-refractivity contribution >= 4 is 32.8 Å². The minimum atomic E-state index is -0.567. The molecule has 3 aliphatic rings. The first-order chi connectivity index (χ1) is 34.1. The van der Waals surface area contributed by atoms with E-state index in [0.29, 0.717) is 40.1 Å². The zero-order valence-electron chi connectivity index (χ0n) is 43.9. The van der Waals surface area contributed by atoms with Crippen molar-refractivity contribution in [3.05, 3.63) is 199 Å². The number of imidazole rings is 1. The van der Waals surface area contributed by atoms with Crippen LogP contribution in [0.25, 0.3) is 72.3 Å². The molecule has 62 heavy (non-hydrogen) atoms. The van der Waals surface area contributed by atoms with E-state index in [1.54, 1.807) is 33.4 Å². The van der Waals surface area contributed by atoms with Gasteiger partial charge in [0, 0.05) is 44.3 Å². The number of benzene rings is 7. The van der Waals surface area contributed by atoms with E-state index in [0.717, 1.165) is 34.0 Å². The third kappa shape index (κ3) is 5.93. The van der Waals surface area contributed by atoms with Gasteiger partial charge in [-0.3, -0.25) is 4.57 Å². The predicted molar refractivity (Wildman–Crippen MR) is 244 cm³/mol. The van der Waals surface area contributed by atoms with Crippen molar-refractivity contribution in [2.24, 2.45) is 11.3 Å².